The zero-order valence-corrected chi connectivity index (χ0v) is 15.4. The van der Waals surface area contributed by atoms with Crippen molar-refractivity contribution in [3.05, 3.63) is 54.0 Å². The first-order valence-corrected chi connectivity index (χ1v) is 8.92. The predicted octanol–water partition coefficient (Wildman–Crippen LogP) is 1.42. The van der Waals surface area contributed by atoms with Gasteiger partial charge in [-0.3, -0.25) is 9.78 Å². The summed E-state index contributed by atoms with van der Waals surface area (Å²) in [5, 5.41) is 12.9. The molecule has 138 valence electrons. The maximum absolute atomic E-state index is 13.0. The van der Waals surface area contributed by atoms with Crippen LogP contribution >= 0.6 is 0 Å². The number of pyridine rings is 1. The molecule has 0 bridgehead atoms. The maximum Gasteiger partial charge on any atom is 0.274 e. The van der Waals surface area contributed by atoms with Crippen LogP contribution in [-0.2, 0) is 0 Å². The summed E-state index contributed by atoms with van der Waals surface area (Å²) in [7, 11) is 2.06. The number of likely N-dealkylation sites (N-methyl/N-ethyl adjacent to an activating group) is 1. The molecule has 0 saturated carbocycles. The van der Waals surface area contributed by atoms with E-state index in [0.29, 0.717) is 30.3 Å². The largest absolute Gasteiger partial charge is 0.335 e. The predicted molar refractivity (Wildman–Crippen MR) is 101 cm³/mol. The number of piperazine rings is 1. The van der Waals surface area contributed by atoms with E-state index in [1.165, 1.54) is 0 Å². The molecule has 3 aromatic rings. The molecule has 1 aliphatic rings. The van der Waals surface area contributed by atoms with Gasteiger partial charge in [0.15, 0.2) is 11.5 Å². The van der Waals surface area contributed by atoms with Gasteiger partial charge in [0.25, 0.3) is 5.91 Å². The molecular weight excluding hydrogens is 342 g/mol. The van der Waals surface area contributed by atoms with Crippen LogP contribution in [0.25, 0.3) is 17.2 Å². The second kappa shape index (κ2) is 7.24. The Kier molecular flexibility index (Phi) is 4.64. The van der Waals surface area contributed by atoms with E-state index in [-0.39, 0.29) is 5.91 Å². The minimum Gasteiger partial charge on any atom is -0.335 e. The van der Waals surface area contributed by atoms with Crippen LogP contribution in [-0.4, -0.2) is 73.9 Å². The quantitative estimate of drug-likeness (QED) is 0.700. The van der Waals surface area contributed by atoms with Crippen molar-refractivity contribution < 1.29 is 4.79 Å². The lowest BCUT2D eigenvalue weighted by Gasteiger charge is -2.31. The van der Waals surface area contributed by atoms with Crippen LogP contribution in [0.4, 0.5) is 0 Å². The minimum absolute atomic E-state index is 0.0703. The summed E-state index contributed by atoms with van der Waals surface area (Å²) in [5.41, 5.74) is 2.65. The van der Waals surface area contributed by atoms with E-state index in [0.717, 1.165) is 24.5 Å². The van der Waals surface area contributed by atoms with Crippen molar-refractivity contribution in [3.63, 3.8) is 0 Å². The molecule has 0 spiro atoms. The highest BCUT2D eigenvalue weighted by Crippen LogP contribution is 2.22. The van der Waals surface area contributed by atoms with Crippen molar-refractivity contribution in [2.75, 3.05) is 33.2 Å². The fourth-order valence-electron chi connectivity index (χ4n) is 3.03. The SMILES string of the molecule is Cc1ccc(-n2nc(C(=O)N3CCN(C)CC3)cc2-c2ccccn2)nn1. The fraction of sp³-hybridized carbons (Fsp3) is 0.316. The number of carbonyl (C=O) groups is 1. The molecule has 3 aromatic heterocycles. The second-order valence-electron chi connectivity index (χ2n) is 6.67. The van der Waals surface area contributed by atoms with Crippen LogP contribution in [0.1, 0.15) is 16.2 Å². The summed E-state index contributed by atoms with van der Waals surface area (Å²) < 4.78 is 1.64. The zero-order chi connectivity index (χ0) is 18.8. The third-order valence-electron chi connectivity index (χ3n) is 4.65. The Bertz CT molecular complexity index is 928. The lowest BCUT2D eigenvalue weighted by molar-refractivity contribution is 0.0657. The Morgan fingerprint density at radius 2 is 1.85 bits per heavy atom. The van der Waals surface area contributed by atoms with E-state index < -0.39 is 0 Å². The highest BCUT2D eigenvalue weighted by Gasteiger charge is 2.25. The third-order valence-corrected chi connectivity index (χ3v) is 4.65. The summed E-state index contributed by atoms with van der Waals surface area (Å²) in [4.78, 5) is 21.4. The molecule has 0 radical (unpaired) electrons. The van der Waals surface area contributed by atoms with E-state index in [9.17, 15) is 4.79 Å². The van der Waals surface area contributed by atoms with E-state index in [4.69, 9.17) is 0 Å². The van der Waals surface area contributed by atoms with Crippen molar-refractivity contribution in [2.45, 2.75) is 6.92 Å². The van der Waals surface area contributed by atoms with Crippen molar-refractivity contribution in [1.29, 1.82) is 0 Å². The van der Waals surface area contributed by atoms with Gasteiger partial charge in [0.05, 0.1) is 17.1 Å². The number of hydrogen-bond donors (Lipinski definition) is 0. The average molecular weight is 363 g/mol. The summed E-state index contributed by atoms with van der Waals surface area (Å²) in [6, 6.07) is 11.1. The van der Waals surface area contributed by atoms with Crippen molar-refractivity contribution in [1.82, 2.24) is 34.8 Å². The zero-order valence-electron chi connectivity index (χ0n) is 15.4. The molecule has 0 unspecified atom stereocenters. The standard InChI is InChI=1S/C19H21N7O/c1-14-6-7-18(22-21-14)26-17(15-5-3-4-8-20-15)13-16(23-26)19(27)25-11-9-24(2)10-12-25/h3-8,13H,9-12H2,1-2H3. The molecular formula is C19H21N7O. The van der Waals surface area contributed by atoms with Crippen molar-refractivity contribution in [2.24, 2.45) is 0 Å². The Morgan fingerprint density at radius 3 is 2.52 bits per heavy atom. The van der Waals surface area contributed by atoms with E-state index in [1.54, 1.807) is 16.9 Å². The van der Waals surface area contributed by atoms with Crippen LogP contribution < -0.4 is 0 Å². The summed E-state index contributed by atoms with van der Waals surface area (Å²) >= 11 is 0. The van der Waals surface area contributed by atoms with Crippen LogP contribution in [0.2, 0.25) is 0 Å². The van der Waals surface area contributed by atoms with Gasteiger partial charge in [0.1, 0.15) is 0 Å². The molecule has 0 N–H and O–H groups in total. The molecule has 0 atom stereocenters. The van der Waals surface area contributed by atoms with Gasteiger partial charge in [-0.1, -0.05) is 6.07 Å². The van der Waals surface area contributed by atoms with Gasteiger partial charge < -0.3 is 9.80 Å². The van der Waals surface area contributed by atoms with Gasteiger partial charge in [-0.15, -0.1) is 5.10 Å². The number of carbonyl (C=O) groups excluding carboxylic acids is 1. The van der Waals surface area contributed by atoms with Crippen molar-refractivity contribution in [3.8, 4) is 17.2 Å². The molecule has 0 aliphatic carbocycles. The highest BCUT2D eigenvalue weighted by molar-refractivity contribution is 5.93. The summed E-state index contributed by atoms with van der Waals surface area (Å²) in [5.74, 6) is 0.484. The Labute approximate surface area is 157 Å². The molecule has 1 fully saturated rings. The molecule has 1 amide bonds. The number of hydrogen-bond acceptors (Lipinski definition) is 6. The first-order valence-electron chi connectivity index (χ1n) is 8.92. The third kappa shape index (κ3) is 3.56. The summed E-state index contributed by atoms with van der Waals surface area (Å²) in [6.45, 7) is 5.00. The fourth-order valence-corrected chi connectivity index (χ4v) is 3.03. The number of amides is 1. The van der Waals surface area contributed by atoms with Crippen LogP contribution in [0.15, 0.2) is 42.6 Å². The number of rotatable bonds is 3. The molecule has 27 heavy (non-hydrogen) atoms. The van der Waals surface area contributed by atoms with E-state index in [1.807, 2.05) is 42.2 Å². The number of nitrogens with zero attached hydrogens (tertiary/aromatic N) is 7. The molecule has 8 heteroatoms. The lowest BCUT2D eigenvalue weighted by atomic mass is 10.2. The monoisotopic (exact) mass is 363 g/mol. The van der Waals surface area contributed by atoms with Crippen LogP contribution in [0, 0.1) is 6.92 Å². The topological polar surface area (TPSA) is 80.0 Å². The minimum atomic E-state index is -0.0703. The smallest absolute Gasteiger partial charge is 0.274 e. The Morgan fingerprint density at radius 1 is 1.04 bits per heavy atom. The van der Waals surface area contributed by atoms with Crippen LogP contribution in [0.5, 0.6) is 0 Å². The van der Waals surface area contributed by atoms with Crippen molar-refractivity contribution >= 4 is 5.91 Å². The second-order valence-corrected chi connectivity index (χ2v) is 6.67. The molecule has 8 nitrogen and oxygen atoms in total. The Balaban J connectivity index is 1.73. The molecule has 4 heterocycles. The van der Waals surface area contributed by atoms with Gasteiger partial charge >= 0.3 is 0 Å². The lowest BCUT2D eigenvalue weighted by Crippen LogP contribution is -2.47. The first-order chi connectivity index (χ1) is 13.1. The molecule has 1 saturated heterocycles. The van der Waals surface area contributed by atoms with E-state index >= 15 is 0 Å². The number of aromatic nitrogens is 5. The van der Waals surface area contributed by atoms with Gasteiger partial charge in [0, 0.05) is 32.4 Å². The maximum atomic E-state index is 13.0. The highest BCUT2D eigenvalue weighted by atomic mass is 16.2. The molecule has 0 aromatic carbocycles. The van der Waals surface area contributed by atoms with Gasteiger partial charge in [0.2, 0.25) is 0 Å². The Hall–Kier alpha value is -3.13. The van der Waals surface area contributed by atoms with E-state index in [2.05, 4.69) is 32.2 Å². The average Bonchev–Trinajstić information content (AvgIpc) is 3.15. The van der Waals surface area contributed by atoms with Gasteiger partial charge in [-0.2, -0.15) is 10.2 Å². The van der Waals surface area contributed by atoms with Gasteiger partial charge in [-0.25, -0.2) is 4.68 Å². The first kappa shape index (κ1) is 17.3. The van der Waals surface area contributed by atoms with Gasteiger partial charge in [-0.05, 0) is 44.3 Å². The number of aryl methyl sites for hydroxylation is 1. The van der Waals surface area contributed by atoms with Crippen LogP contribution in [0.3, 0.4) is 0 Å². The molecule has 4 rings (SSSR count). The molecule has 1 aliphatic heterocycles. The normalized spacial score (nSPS) is 15.1. The summed E-state index contributed by atoms with van der Waals surface area (Å²) in [6.07, 6.45) is 1.72.